The molecule has 0 spiro atoms. The number of aromatic carboxylic acids is 1. The van der Waals surface area contributed by atoms with Crippen molar-refractivity contribution in [2.45, 2.75) is 45.1 Å². The Morgan fingerprint density at radius 3 is 2.43 bits per heavy atom. The largest absolute Gasteiger partial charge is 0.496 e. The maximum Gasteiger partial charge on any atom is 0.339 e. The van der Waals surface area contributed by atoms with E-state index in [1.54, 1.807) is 18.7 Å². The van der Waals surface area contributed by atoms with Crippen molar-refractivity contribution in [1.82, 2.24) is 14.7 Å². The highest BCUT2D eigenvalue weighted by Gasteiger charge is 2.37. The molecule has 0 unspecified atom stereocenters. The number of rotatable bonds is 5. The summed E-state index contributed by atoms with van der Waals surface area (Å²) in [6.07, 6.45) is 2.89. The lowest BCUT2D eigenvalue weighted by Crippen LogP contribution is -2.47. The number of hydrogen-bond acceptors (Lipinski definition) is 4. The first kappa shape index (κ1) is 19.9. The van der Waals surface area contributed by atoms with Crippen LogP contribution in [0, 0.1) is 6.92 Å². The summed E-state index contributed by atoms with van der Waals surface area (Å²) in [6.45, 7) is 6.86. The molecule has 1 fully saturated rings. The number of carbonyl (C=O) groups is 2. The van der Waals surface area contributed by atoms with Gasteiger partial charge in [-0.1, -0.05) is 18.2 Å². The van der Waals surface area contributed by atoms with Crippen LogP contribution < -0.4 is 4.74 Å². The number of amides is 1. The van der Waals surface area contributed by atoms with E-state index in [2.05, 4.69) is 5.10 Å². The van der Waals surface area contributed by atoms with Crippen molar-refractivity contribution in [3.8, 4) is 5.75 Å². The summed E-state index contributed by atoms with van der Waals surface area (Å²) in [7, 11) is 1.61. The number of para-hydroxylation sites is 1. The zero-order valence-corrected chi connectivity index (χ0v) is 16.8. The minimum absolute atomic E-state index is 0.0684. The molecule has 0 saturated carbocycles. The smallest absolute Gasteiger partial charge is 0.339 e. The predicted molar refractivity (Wildman–Crippen MR) is 105 cm³/mol. The van der Waals surface area contributed by atoms with E-state index in [1.165, 1.54) is 6.20 Å². The number of nitrogens with zero attached hydrogens (tertiary/aromatic N) is 3. The lowest BCUT2D eigenvalue weighted by Gasteiger charge is -2.37. The second kappa shape index (κ2) is 7.66. The Hall–Kier alpha value is -2.83. The van der Waals surface area contributed by atoms with Crippen molar-refractivity contribution in [2.24, 2.45) is 0 Å². The molecule has 0 bridgehead atoms. The van der Waals surface area contributed by atoms with E-state index >= 15 is 0 Å². The monoisotopic (exact) mass is 385 g/mol. The third-order valence-electron chi connectivity index (χ3n) is 5.69. The summed E-state index contributed by atoms with van der Waals surface area (Å²) in [5, 5.41) is 13.5. The van der Waals surface area contributed by atoms with Gasteiger partial charge < -0.3 is 14.7 Å². The van der Waals surface area contributed by atoms with Gasteiger partial charge in [-0.3, -0.25) is 9.48 Å². The molecule has 1 saturated heterocycles. The summed E-state index contributed by atoms with van der Waals surface area (Å²) in [4.78, 5) is 26.4. The third-order valence-corrected chi connectivity index (χ3v) is 5.69. The lowest BCUT2D eigenvalue weighted by atomic mass is 9.82. The Kier molecular flexibility index (Phi) is 5.45. The van der Waals surface area contributed by atoms with E-state index in [-0.39, 0.29) is 17.5 Å². The van der Waals surface area contributed by atoms with Crippen LogP contribution in [0.2, 0.25) is 0 Å². The Bertz CT molecular complexity index is 880. The van der Waals surface area contributed by atoms with Gasteiger partial charge in [0.15, 0.2) is 0 Å². The number of benzene rings is 1. The van der Waals surface area contributed by atoms with Crippen LogP contribution in [0.25, 0.3) is 0 Å². The minimum atomic E-state index is -0.963. The average molecular weight is 385 g/mol. The van der Waals surface area contributed by atoms with Crippen molar-refractivity contribution < 1.29 is 19.4 Å². The molecule has 2 heterocycles. The molecule has 3 rings (SSSR count). The zero-order chi connectivity index (χ0) is 20.5. The first-order chi connectivity index (χ1) is 13.3. The van der Waals surface area contributed by atoms with Crippen molar-refractivity contribution in [3.63, 3.8) is 0 Å². The predicted octanol–water partition coefficient (Wildman–Crippen LogP) is 3.04. The number of ether oxygens (including phenoxy) is 1. The topological polar surface area (TPSA) is 84.7 Å². The van der Waals surface area contributed by atoms with Gasteiger partial charge in [0.25, 0.3) is 0 Å². The maximum absolute atomic E-state index is 13.3. The molecule has 2 aromatic rings. The van der Waals surface area contributed by atoms with Gasteiger partial charge in [0.05, 0.1) is 30.5 Å². The second-order valence-corrected chi connectivity index (χ2v) is 7.74. The van der Waals surface area contributed by atoms with Crippen LogP contribution >= 0.6 is 0 Å². The molecule has 28 heavy (non-hydrogen) atoms. The second-order valence-electron chi connectivity index (χ2n) is 7.74. The number of methoxy groups -OCH3 is 1. The molecule has 0 atom stereocenters. The molecule has 1 aliphatic heterocycles. The molecule has 0 radical (unpaired) electrons. The van der Waals surface area contributed by atoms with Crippen LogP contribution in [0.4, 0.5) is 0 Å². The first-order valence-corrected chi connectivity index (χ1v) is 9.47. The molecule has 7 nitrogen and oxygen atoms in total. The standard InChI is InChI=1S/C21H27N3O4/c1-14-16(19(25)26)13-22-24(14)15-9-11-23(12-10-15)20(27)21(2,3)17-7-5-6-8-18(17)28-4/h5-8,13,15H,9-12H2,1-4H3,(H,25,26). The molecular formula is C21H27N3O4. The number of piperidine rings is 1. The zero-order valence-electron chi connectivity index (χ0n) is 16.8. The van der Waals surface area contributed by atoms with Gasteiger partial charge in [0.1, 0.15) is 11.3 Å². The van der Waals surface area contributed by atoms with Gasteiger partial charge in [-0.25, -0.2) is 4.79 Å². The molecule has 0 aliphatic carbocycles. The fourth-order valence-corrected chi connectivity index (χ4v) is 3.99. The van der Waals surface area contributed by atoms with Crippen molar-refractivity contribution in [2.75, 3.05) is 20.2 Å². The number of likely N-dealkylation sites (tertiary alicyclic amines) is 1. The van der Waals surface area contributed by atoms with Crippen molar-refractivity contribution >= 4 is 11.9 Å². The Labute approximate surface area is 164 Å². The van der Waals surface area contributed by atoms with Gasteiger partial charge in [-0.2, -0.15) is 5.10 Å². The SMILES string of the molecule is COc1ccccc1C(C)(C)C(=O)N1CCC(n2ncc(C(=O)O)c2C)CC1. The van der Waals surface area contributed by atoms with E-state index < -0.39 is 11.4 Å². The van der Waals surface area contributed by atoms with Crippen LogP contribution in [0.5, 0.6) is 5.75 Å². The van der Waals surface area contributed by atoms with Crippen LogP contribution in [0.3, 0.4) is 0 Å². The van der Waals surface area contributed by atoms with E-state index in [0.29, 0.717) is 24.5 Å². The summed E-state index contributed by atoms with van der Waals surface area (Å²) in [5.41, 5.74) is 1.07. The quantitative estimate of drug-likeness (QED) is 0.855. The van der Waals surface area contributed by atoms with Gasteiger partial charge in [0, 0.05) is 18.7 Å². The molecule has 1 aromatic heterocycles. The van der Waals surface area contributed by atoms with Gasteiger partial charge in [0.2, 0.25) is 5.91 Å². The Balaban J connectivity index is 1.72. The number of aromatic nitrogens is 2. The highest BCUT2D eigenvalue weighted by atomic mass is 16.5. The normalized spacial score (nSPS) is 15.5. The van der Waals surface area contributed by atoms with E-state index in [9.17, 15) is 14.7 Å². The maximum atomic E-state index is 13.3. The summed E-state index contributed by atoms with van der Waals surface area (Å²) in [5.74, 6) is -0.183. The van der Waals surface area contributed by atoms with E-state index in [1.807, 2.05) is 43.0 Å². The fourth-order valence-electron chi connectivity index (χ4n) is 3.99. The summed E-state index contributed by atoms with van der Waals surface area (Å²) < 4.78 is 7.24. The van der Waals surface area contributed by atoms with Gasteiger partial charge >= 0.3 is 5.97 Å². The highest BCUT2D eigenvalue weighted by Crippen LogP contribution is 2.34. The van der Waals surface area contributed by atoms with E-state index in [4.69, 9.17) is 4.74 Å². The highest BCUT2D eigenvalue weighted by molar-refractivity contribution is 5.89. The molecule has 1 N–H and O–H groups in total. The number of carboxylic acid groups (broad SMARTS) is 1. The van der Waals surface area contributed by atoms with Crippen LogP contribution in [0.1, 0.15) is 54.3 Å². The first-order valence-electron chi connectivity index (χ1n) is 9.47. The van der Waals surface area contributed by atoms with Crippen LogP contribution in [-0.2, 0) is 10.2 Å². The molecule has 7 heteroatoms. The van der Waals surface area contributed by atoms with E-state index in [0.717, 1.165) is 18.4 Å². The molecule has 1 aliphatic rings. The van der Waals surface area contributed by atoms with Crippen LogP contribution in [-0.4, -0.2) is 51.9 Å². The molecule has 1 aromatic carbocycles. The van der Waals surface area contributed by atoms with Gasteiger partial charge in [-0.05, 0) is 39.7 Å². The Morgan fingerprint density at radius 2 is 1.86 bits per heavy atom. The minimum Gasteiger partial charge on any atom is -0.496 e. The fraction of sp³-hybridized carbons (Fsp3) is 0.476. The van der Waals surface area contributed by atoms with Crippen molar-refractivity contribution in [1.29, 1.82) is 0 Å². The number of carbonyl (C=O) groups excluding carboxylic acids is 1. The summed E-state index contributed by atoms with van der Waals surface area (Å²) in [6, 6.07) is 7.72. The molecular weight excluding hydrogens is 358 g/mol. The molecule has 150 valence electrons. The molecule has 1 amide bonds. The number of hydrogen-bond donors (Lipinski definition) is 1. The summed E-state index contributed by atoms with van der Waals surface area (Å²) >= 11 is 0. The average Bonchev–Trinajstić information content (AvgIpc) is 3.09. The third kappa shape index (κ3) is 3.48. The van der Waals surface area contributed by atoms with Crippen LogP contribution in [0.15, 0.2) is 30.5 Å². The Morgan fingerprint density at radius 1 is 1.21 bits per heavy atom. The lowest BCUT2D eigenvalue weighted by molar-refractivity contribution is -0.137. The van der Waals surface area contributed by atoms with Crippen molar-refractivity contribution in [3.05, 3.63) is 47.3 Å². The van der Waals surface area contributed by atoms with Gasteiger partial charge in [-0.15, -0.1) is 0 Å². The number of carboxylic acids is 1.